The van der Waals surface area contributed by atoms with Crippen LogP contribution in [0.25, 0.3) is 0 Å². The highest BCUT2D eigenvalue weighted by Crippen LogP contribution is 2.46. The zero-order valence-corrected chi connectivity index (χ0v) is 21.1. The standard InChI is InChI=1S/C31H28N2O5/c1-20-28(31(35)38-16-15-21-9-4-2-5-10-21)29(23-13-8-14-25(17-23)33(36)37)30-26(32-20)18-24(19-27(30)34)22-11-6-3-7-12-22/h2-14,17,24,29,32H,15-16,18-19H2,1H3/t24-,29-/m0/s1. The number of nitrogens with one attached hydrogen (secondary N) is 1. The molecule has 0 saturated heterocycles. The van der Waals surface area contributed by atoms with Gasteiger partial charge in [-0.15, -0.1) is 0 Å². The van der Waals surface area contributed by atoms with Gasteiger partial charge in [0.05, 0.1) is 17.1 Å². The Morgan fingerprint density at radius 1 is 0.974 bits per heavy atom. The molecule has 0 fully saturated rings. The van der Waals surface area contributed by atoms with Crippen LogP contribution in [-0.2, 0) is 20.7 Å². The van der Waals surface area contributed by atoms with E-state index in [-0.39, 0.29) is 24.0 Å². The molecule has 5 rings (SSSR count). The molecule has 1 aliphatic heterocycles. The third-order valence-electron chi connectivity index (χ3n) is 7.20. The van der Waals surface area contributed by atoms with Crippen LogP contribution in [0.1, 0.15) is 48.3 Å². The summed E-state index contributed by atoms with van der Waals surface area (Å²) in [4.78, 5) is 38.2. The summed E-state index contributed by atoms with van der Waals surface area (Å²) in [6.07, 6.45) is 1.45. The van der Waals surface area contributed by atoms with Crippen molar-refractivity contribution in [2.75, 3.05) is 6.61 Å². The number of esters is 1. The van der Waals surface area contributed by atoms with Gasteiger partial charge in [0.15, 0.2) is 5.78 Å². The zero-order valence-electron chi connectivity index (χ0n) is 21.1. The maximum absolute atomic E-state index is 13.7. The monoisotopic (exact) mass is 508 g/mol. The highest BCUT2D eigenvalue weighted by molar-refractivity contribution is 6.04. The number of carbonyl (C=O) groups excluding carboxylic acids is 2. The molecule has 1 N–H and O–H groups in total. The molecule has 2 aliphatic rings. The lowest BCUT2D eigenvalue weighted by Crippen LogP contribution is -2.36. The third-order valence-corrected chi connectivity index (χ3v) is 7.20. The number of ether oxygens (including phenoxy) is 1. The van der Waals surface area contributed by atoms with E-state index in [4.69, 9.17) is 4.74 Å². The van der Waals surface area contributed by atoms with Crippen molar-refractivity contribution >= 4 is 17.4 Å². The minimum absolute atomic E-state index is 0.00730. The van der Waals surface area contributed by atoms with Crippen molar-refractivity contribution in [1.82, 2.24) is 5.32 Å². The maximum atomic E-state index is 13.7. The molecule has 7 heteroatoms. The SMILES string of the molecule is CC1=C(C(=O)OCCc2ccccc2)[C@H](c2cccc([N+](=O)[O-])c2)C2=C(C[C@H](c3ccccc3)CC2=O)N1. The fourth-order valence-corrected chi connectivity index (χ4v) is 5.41. The van der Waals surface area contributed by atoms with Crippen molar-refractivity contribution in [2.24, 2.45) is 0 Å². The predicted octanol–water partition coefficient (Wildman–Crippen LogP) is 5.74. The van der Waals surface area contributed by atoms with E-state index in [1.165, 1.54) is 12.1 Å². The van der Waals surface area contributed by atoms with Crippen LogP contribution in [0, 0.1) is 10.1 Å². The van der Waals surface area contributed by atoms with Crippen LogP contribution >= 0.6 is 0 Å². The Balaban J connectivity index is 1.50. The van der Waals surface area contributed by atoms with Gasteiger partial charge in [-0.3, -0.25) is 14.9 Å². The molecule has 2 atom stereocenters. The van der Waals surface area contributed by atoms with Gasteiger partial charge in [0.2, 0.25) is 0 Å². The summed E-state index contributed by atoms with van der Waals surface area (Å²) in [6.45, 7) is 1.97. The van der Waals surface area contributed by atoms with Gasteiger partial charge in [-0.2, -0.15) is 0 Å². The lowest BCUT2D eigenvalue weighted by Gasteiger charge is -2.36. The van der Waals surface area contributed by atoms with Gasteiger partial charge >= 0.3 is 5.97 Å². The Kier molecular flexibility index (Phi) is 7.18. The van der Waals surface area contributed by atoms with Crippen LogP contribution in [0.2, 0.25) is 0 Å². The topological polar surface area (TPSA) is 98.5 Å². The first-order valence-corrected chi connectivity index (χ1v) is 12.7. The first-order chi connectivity index (χ1) is 18.4. The number of nitrogens with zero attached hydrogens (tertiary/aromatic N) is 1. The van der Waals surface area contributed by atoms with Crippen LogP contribution < -0.4 is 5.32 Å². The van der Waals surface area contributed by atoms with E-state index in [2.05, 4.69) is 5.32 Å². The summed E-state index contributed by atoms with van der Waals surface area (Å²) >= 11 is 0. The summed E-state index contributed by atoms with van der Waals surface area (Å²) < 4.78 is 5.69. The second-order valence-corrected chi connectivity index (χ2v) is 9.65. The third kappa shape index (κ3) is 5.13. The first-order valence-electron chi connectivity index (χ1n) is 12.7. The molecular weight excluding hydrogens is 480 g/mol. The Labute approximate surface area is 221 Å². The van der Waals surface area contributed by atoms with Crippen molar-refractivity contribution in [3.63, 3.8) is 0 Å². The summed E-state index contributed by atoms with van der Waals surface area (Å²) in [5, 5.41) is 14.9. The Bertz CT molecular complexity index is 1440. The number of benzene rings is 3. The van der Waals surface area contributed by atoms with Crippen molar-refractivity contribution < 1.29 is 19.2 Å². The average Bonchev–Trinajstić information content (AvgIpc) is 2.93. The molecule has 0 amide bonds. The van der Waals surface area contributed by atoms with Crippen molar-refractivity contribution in [2.45, 2.75) is 38.0 Å². The van der Waals surface area contributed by atoms with Crippen LogP contribution in [0.15, 0.2) is 107 Å². The summed E-state index contributed by atoms with van der Waals surface area (Å²) in [5.74, 6) is -1.36. The second-order valence-electron chi connectivity index (χ2n) is 9.65. The molecule has 192 valence electrons. The summed E-state index contributed by atoms with van der Waals surface area (Å²) in [6, 6.07) is 25.8. The van der Waals surface area contributed by atoms with Crippen molar-refractivity contribution in [1.29, 1.82) is 0 Å². The molecule has 0 radical (unpaired) electrons. The van der Waals surface area contributed by atoms with E-state index in [0.29, 0.717) is 41.7 Å². The number of Topliss-reactive ketones (excluding diaryl/α,β-unsaturated/α-hetero) is 1. The van der Waals surface area contributed by atoms with Gasteiger partial charge < -0.3 is 10.1 Å². The normalized spacial score (nSPS) is 19.0. The number of non-ortho nitro benzene ring substituents is 1. The van der Waals surface area contributed by atoms with Gasteiger partial charge in [0.25, 0.3) is 5.69 Å². The van der Waals surface area contributed by atoms with Gasteiger partial charge in [-0.1, -0.05) is 72.8 Å². The minimum atomic E-state index is -0.750. The van der Waals surface area contributed by atoms with Crippen LogP contribution in [-0.4, -0.2) is 23.3 Å². The first kappa shape index (κ1) is 25.1. The number of rotatable bonds is 7. The highest BCUT2D eigenvalue weighted by atomic mass is 16.6. The lowest BCUT2D eigenvalue weighted by molar-refractivity contribution is -0.384. The number of nitro benzene ring substituents is 1. The Hall–Kier alpha value is -4.52. The number of nitro groups is 1. The van der Waals surface area contributed by atoms with Gasteiger partial charge in [0, 0.05) is 47.9 Å². The molecule has 3 aromatic rings. The Morgan fingerprint density at radius 3 is 2.37 bits per heavy atom. The number of dihydropyridines is 1. The highest BCUT2D eigenvalue weighted by Gasteiger charge is 2.41. The van der Waals surface area contributed by atoms with Crippen molar-refractivity contribution in [3.05, 3.63) is 134 Å². The molecule has 0 spiro atoms. The molecule has 0 bridgehead atoms. The number of carbonyl (C=O) groups is 2. The molecule has 38 heavy (non-hydrogen) atoms. The second kappa shape index (κ2) is 10.8. The lowest BCUT2D eigenvalue weighted by atomic mass is 9.71. The van der Waals surface area contributed by atoms with E-state index in [1.54, 1.807) is 19.1 Å². The Morgan fingerprint density at radius 2 is 1.66 bits per heavy atom. The summed E-state index contributed by atoms with van der Waals surface area (Å²) in [5.41, 5.74) is 4.69. The zero-order chi connectivity index (χ0) is 26.6. The molecule has 7 nitrogen and oxygen atoms in total. The quantitative estimate of drug-likeness (QED) is 0.248. The van der Waals surface area contributed by atoms with Crippen LogP contribution in [0.5, 0.6) is 0 Å². The molecule has 1 aliphatic carbocycles. The molecule has 0 saturated carbocycles. The molecule has 0 aromatic heterocycles. The van der Waals surface area contributed by atoms with E-state index in [9.17, 15) is 19.7 Å². The average molecular weight is 509 g/mol. The smallest absolute Gasteiger partial charge is 0.336 e. The van der Waals surface area contributed by atoms with E-state index in [1.807, 2.05) is 60.7 Å². The molecule has 3 aromatic carbocycles. The fourth-order valence-electron chi connectivity index (χ4n) is 5.41. The van der Waals surface area contributed by atoms with Gasteiger partial charge in [-0.25, -0.2) is 4.79 Å². The van der Waals surface area contributed by atoms with Crippen LogP contribution in [0.3, 0.4) is 0 Å². The maximum Gasteiger partial charge on any atom is 0.336 e. The minimum Gasteiger partial charge on any atom is -0.462 e. The number of hydrogen-bond acceptors (Lipinski definition) is 6. The van der Waals surface area contributed by atoms with E-state index >= 15 is 0 Å². The molecule has 1 heterocycles. The predicted molar refractivity (Wildman–Crippen MR) is 143 cm³/mol. The van der Waals surface area contributed by atoms with E-state index < -0.39 is 16.8 Å². The molecule has 0 unspecified atom stereocenters. The number of allylic oxidation sites excluding steroid dienone is 3. The van der Waals surface area contributed by atoms with Crippen molar-refractivity contribution in [3.8, 4) is 0 Å². The number of hydrogen-bond donors (Lipinski definition) is 1. The summed E-state index contributed by atoms with van der Waals surface area (Å²) in [7, 11) is 0. The van der Waals surface area contributed by atoms with Gasteiger partial charge in [0.1, 0.15) is 0 Å². The largest absolute Gasteiger partial charge is 0.462 e. The molecular formula is C31H28N2O5. The van der Waals surface area contributed by atoms with Gasteiger partial charge in [-0.05, 0) is 36.0 Å². The fraction of sp³-hybridized carbons (Fsp3) is 0.226. The number of ketones is 1. The van der Waals surface area contributed by atoms with E-state index in [0.717, 1.165) is 16.8 Å². The van der Waals surface area contributed by atoms with Crippen LogP contribution in [0.4, 0.5) is 5.69 Å².